The van der Waals surface area contributed by atoms with Gasteiger partial charge < -0.3 is 9.47 Å². The van der Waals surface area contributed by atoms with Gasteiger partial charge in [0.15, 0.2) is 13.6 Å². The monoisotopic (exact) mass is 318 g/mol. The second-order valence-corrected chi connectivity index (χ2v) is 6.05. The van der Waals surface area contributed by atoms with Crippen molar-refractivity contribution in [3.8, 4) is 0 Å². The first kappa shape index (κ1) is 18.1. The zero-order valence-electron chi connectivity index (χ0n) is 13.6. The Morgan fingerprint density at radius 1 is 0.500 bits per heavy atom. The summed E-state index contributed by atoms with van der Waals surface area (Å²) in [5.74, 6) is -0.821. The molecule has 0 aromatic heterocycles. The SMILES string of the molecule is C1CCCCOCOOC2(CCCCC2)OOCOCCC1. The highest BCUT2D eigenvalue weighted by Gasteiger charge is 2.37. The molecule has 0 aromatic carbocycles. The lowest BCUT2D eigenvalue weighted by Gasteiger charge is -2.33. The Bertz CT molecular complexity index is 247. The topological polar surface area (TPSA) is 55.4 Å². The Morgan fingerprint density at radius 2 is 0.955 bits per heavy atom. The summed E-state index contributed by atoms with van der Waals surface area (Å²) in [6, 6.07) is 0. The van der Waals surface area contributed by atoms with E-state index >= 15 is 0 Å². The highest BCUT2D eigenvalue weighted by Crippen LogP contribution is 2.33. The smallest absolute Gasteiger partial charge is 0.234 e. The van der Waals surface area contributed by atoms with Gasteiger partial charge in [-0.25, -0.2) is 9.78 Å². The minimum Gasteiger partial charge on any atom is -0.352 e. The summed E-state index contributed by atoms with van der Waals surface area (Å²) >= 11 is 0. The summed E-state index contributed by atoms with van der Waals surface area (Å²) < 4.78 is 10.8. The van der Waals surface area contributed by atoms with Crippen LogP contribution in [0.25, 0.3) is 0 Å². The maximum Gasteiger partial charge on any atom is 0.234 e. The summed E-state index contributed by atoms with van der Waals surface area (Å²) in [6.45, 7) is 1.66. The largest absolute Gasteiger partial charge is 0.352 e. The molecule has 2 rings (SSSR count). The fourth-order valence-electron chi connectivity index (χ4n) is 2.84. The molecule has 1 saturated heterocycles. The first-order valence-corrected chi connectivity index (χ1v) is 8.68. The Hall–Kier alpha value is -0.240. The molecule has 0 amide bonds. The first-order chi connectivity index (χ1) is 10.9. The van der Waals surface area contributed by atoms with Crippen LogP contribution in [0.2, 0.25) is 0 Å². The van der Waals surface area contributed by atoms with E-state index in [1.165, 1.54) is 32.1 Å². The van der Waals surface area contributed by atoms with Gasteiger partial charge in [0, 0.05) is 26.1 Å². The quantitative estimate of drug-likeness (QED) is 0.632. The average molecular weight is 318 g/mol. The third kappa shape index (κ3) is 7.35. The summed E-state index contributed by atoms with van der Waals surface area (Å²) in [6.07, 6.45) is 11.8. The minimum absolute atomic E-state index is 0.127. The Labute approximate surface area is 133 Å². The lowest BCUT2D eigenvalue weighted by molar-refractivity contribution is -0.533. The molecule has 2 aliphatic rings. The lowest BCUT2D eigenvalue weighted by atomic mass is 9.94. The Morgan fingerprint density at radius 3 is 1.50 bits per heavy atom. The van der Waals surface area contributed by atoms with E-state index < -0.39 is 5.79 Å². The van der Waals surface area contributed by atoms with Crippen molar-refractivity contribution in [2.45, 2.75) is 76.4 Å². The molecule has 1 spiro atoms. The molecule has 6 nitrogen and oxygen atoms in total. The second-order valence-electron chi connectivity index (χ2n) is 6.05. The minimum atomic E-state index is -0.821. The van der Waals surface area contributed by atoms with Crippen LogP contribution < -0.4 is 0 Å². The fraction of sp³-hybridized carbons (Fsp3) is 1.00. The van der Waals surface area contributed by atoms with Crippen molar-refractivity contribution >= 4 is 0 Å². The molecule has 0 unspecified atom stereocenters. The predicted octanol–water partition coefficient (Wildman–Crippen LogP) is 3.85. The van der Waals surface area contributed by atoms with Crippen LogP contribution in [-0.4, -0.2) is 32.6 Å². The standard InChI is InChI=1S/C16H30O6/c1-2-4-9-13-18-15-20-22-16(10-6-5-7-11-16)21-19-14-17-12-8-3-1/h1-15H2. The molecule has 0 radical (unpaired) electrons. The van der Waals surface area contributed by atoms with E-state index in [0.717, 1.165) is 38.5 Å². The maximum absolute atomic E-state index is 5.47. The van der Waals surface area contributed by atoms with Gasteiger partial charge in [0.2, 0.25) is 5.79 Å². The van der Waals surface area contributed by atoms with E-state index in [0.29, 0.717) is 13.2 Å². The molecule has 0 atom stereocenters. The van der Waals surface area contributed by atoms with Gasteiger partial charge in [-0.3, -0.25) is 0 Å². The summed E-state index contributed by atoms with van der Waals surface area (Å²) in [5.41, 5.74) is 0. The molecular formula is C16H30O6. The Balaban J connectivity index is 1.74. The van der Waals surface area contributed by atoms with Gasteiger partial charge in [-0.1, -0.05) is 32.1 Å². The zero-order valence-corrected chi connectivity index (χ0v) is 13.6. The van der Waals surface area contributed by atoms with Crippen LogP contribution in [0.15, 0.2) is 0 Å². The van der Waals surface area contributed by atoms with E-state index in [1.807, 2.05) is 0 Å². The van der Waals surface area contributed by atoms with Crippen LogP contribution in [0.3, 0.4) is 0 Å². The van der Waals surface area contributed by atoms with Crippen molar-refractivity contribution in [2.24, 2.45) is 0 Å². The molecular weight excluding hydrogens is 288 g/mol. The van der Waals surface area contributed by atoms with Crippen molar-refractivity contribution in [1.82, 2.24) is 0 Å². The summed E-state index contributed by atoms with van der Waals surface area (Å²) in [5, 5.41) is 0. The number of ether oxygens (including phenoxy) is 2. The maximum atomic E-state index is 5.47. The molecule has 130 valence electrons. The number of rotatable bonds is 0. The summed E-state index contributed by atoms with van der Waals surface area (Å²) in [7, 11) is 0. The molecule has 1 saturated carbocycles. The number of hydrogen-bond acceptors (Lipinski definition) is 6. The average Bonchev–Trinajstić information content (AvgIpc) is 2.55. The van der Waals surface area contributed by atoms with E-state index in [1.54, 1.807) is 0 Å². The van der Waals surface area contributed by atoms with Crippen molar-refractivity contribution < 1.29 is 29.0 Å². The van der Waals surface area contributed by atoms with Gasteiger partial charge >= 0.3 is 0 Å². The van der Waals surface area contributed by atoms with Crippen LogP contribution in [0.1, 0.15) is 70.6 Å². The predicted molar refractivity (Wildman–Crippen MR) is 79.5 cm³/mol. The molecule has 22 heavy (non-hydrogen) atoms. The molecule has 1 aliphatic heterocycles. The third-order valence-electron chi connectivity index (χ3n) is 4.13. The highest BCUT2D eigenvalue weighted by molar-refractivity contribution is 4.72. The van der Waals surface area contributed by atoms with Crippen molar-refractivity contribution in [2.75, 3.05) is 26.8 Å². The highest BCUT2D eigenvalue weighted by atomic mass is 17.3. The van der Waals surface area contributed by atoms with E-state index in [2.05, 4.69) is 0 Å². The van der Waals surface area contributed by atoms with Crippen LogP contribution >= 0.6 is 0 Å². The summed E-state index contributed by atoms with van der Waals surface area (Å²) in [4.78, 5) is 21.3. The molecule has 0 bridgehead atoms. The van der Waals surface area contributed by atoms with Crippen molar-refractivity contribution in [3.63, 3.8) is 0 Å². The van der Waals surface area contributed by atoms with Gasteiger partial charge in [-0.2, -0.15) is 9.78 Å². The van der Waals surface area contributed by atoms with Crippen LogP contribution in [0.4, 0.5) is 0 Å². The third-order valence-corrected chi connectivity index (χ3v) is 4.13. The van der Waals surface area contributed by atoms with Gasteiger partial charge in [-0.05, 0) is 25.7 Å². The molecule has 1 aliphatic carbocycles. The molecule has 1 heterocycles. The van der Waals surface area contributed by atoms with Crippen molar-refractivity contribution in [3.05, 3.63) is 0 Å². The fourth-order valence-corrected chi connectivity index (χ4v) is 2.84. The van der Waals surface area contributed by atoms with E-state index in [9.17, 15) is 0 Å². The molecule has 2 fully saturated rings. The van der Waals surface area contributed by atoms with Gasteiger partial charge in [0.25, 0.3) is 0 Å². The van der Waals surface area contributed by atoms with Gasteiger partial charge in [-0.15, -0.1) is 0 Å². The van der Waals surface area contributed by atoms with Crippen LogP contribution in [0.5, 0.6) is 0 Å². The normalized spacial score (nSPS) is 27.3. The van der Waals surface area contributed by atoms with E-state index in [-0.39, 0.29) is 13.6 Å². The molecule has 0 N–H and O–H groups in total. The van der Waals surface area contributed by atoms with E-state index in [4.69, 9.17) is 29.0 Å². The van der Waals surface area contributed by atoms with Gasteiger partial charge in [0.1, 0.15) is 0 Å². The van der Waals surface area contributed by atoms with Crippen LogP contribution in [-0.2, 0) is 29.0 Å². The van der Waals surface area contributed by atoms with Crippen LogP contribution in [0, 0.1) is 0 Å². The Kier molecular flexibility index (Phi) is 9.31. The first-order valence-electron chi connectivity index (χ1n) is 8.68. The molecule has 0 aromatic rings. The zero-order chi connectivity index (χ0) is 15.3. The molecule has 6 heteroatoms. The van der Waals surface area contributed by atoms with Crippen molar-refractivity contribution in [1.29, 1.82) is 0 Å². The number of hydrogen-bond donors (Lipinski definition) is 0. The second kappa shape index (κ2) is 11.3. The van der Waals surface area contributed by atoms with Gasteiger partial charge in [0.05, 0.1) is 0 Å². The lowest BCUT2D eigenvalue weighted by Crippen LogP contribution is -2.38.